The molecule has 2 aromatic carbocycles. The molecule has 1 amide bonds. The minimum atomic E-state index is -0.949. The van der Waals surface area contributed by atoms with E-state index < -0.39 is 5.97 Å². The van der Waals surface area contributed by atoms with Crippen molar-refractivity contribution in [1.82, 2.24) is 0 Å². The number of carboxylic acids is 1. The summed E-state index contributed by atoms with van der Waals surface area (Å²) in [6.07, 6.45) is 0.644. The Hall–Kier alpha value is -2.82. The van der Waals surface area contributed by atoms with Crippen molar-refractivity contribution < 1.29 is 14.7 Å². The molecule has 130 valence electrons. The topological polar surface area (TPSA) is 69.6 Å². The summed E-state index contributed by atoms with van der Waals surface area (Å²) in [5, 5.41) is 12.4. The molecule has 2 unspecified atom stereocenters. The first kappa shape index (κ1) is 17.0. The van der Waals surface area contributed by atoms with Gasteiger partial charge in [0.05, 0.1) is 12.5 Å². The van der Waals surface area contributed by atoms with E-state index in [0.29, 0.717) is 0 Å². The molecule has 0 radical (unpaired) electrons. The predicted molar refractivity (Wildman–Crippen MR) is 97.7 cm³/mol. The molecular formula is C20H22N2O3. The Kier molecular flexibility index (Phi) is 5.03. The lowest BCUT2D eigenvalue weighted by molar-refractivity contribution is -0.138. The lowest BCUT2D eigenvalue weighted by atomic mass is 9.91. The standard InChI is InChI=1S/C20H22N2O3/c1-14-13-17(21-15-7-3-2-4-8-15)16-9-5-6-10-18(16)22(14)19(23)11-12-20(24)25/h2-10,14,17,21H,11-13H2,1H3,(H,24,25). The van der Waals surface area contributed by atoms with Crippen molar-refractivity contribution in [2.45, 2.75) is 38.3 Å². The third kappa shape index (κ3) is 3.82. The quantitative estimate of drug-likeness (QED) is 0.869. The molecular weight excluding hydrogens is 316 g/mol. The van der Waals surface area contributed by atoms with Crippen LogP contribution in [-0.2, 0) is 9.59 Å². The van der Waals surface area contributed by atoms with Gasteiger partial charge >= 0.3 is 5.97 Å². The molecule has 1 aliphatic heterocycles. The van der Waals surface area contributed by atoms with Gasteiger partial charge in [-0.1, -0.05) is 36.4 Å². The van der Waals surface area contributed by atoms with Crippen molar-refractivity contribution in [3.05, 3.63) is 60.2 Å². The molecule has 5 nitrogen and oxygen atoms in total. The number of nitrogens with zero attached hydrogens (tertiary/aromatic N) is 1. The Morgan fingerprint density at radius 3 is 2.48 bits per heavy atom. The van der Waals surface area contributed by atoms with Crippen LogP contribution < -0.4 is 10.2 Å². The van der Waals surface area contributed by atoms with Gasteiger partial charge in [0.2, 0.25) is 5.91 Å². The van der Waals surface area contributed by atoms with E-state index in [1.54, 1.807) is 4.90 Å². The third-order valence-electron chi connectivity index (χ3n) is 4.53. The van der Waals surface area contributed by atoms with Gasteiger partial charge in [0, 0.05) is 23.8 Å². The van der Waals surface area contributed by atoms with E-state index >= 15 is 0 Å². The van der Waals surface area contributed by atoms with Gasteiger partial charge in [0.25, 0.3) is 0 Å². The minimum absolute atomic E-state index is 0.00240. The van der Waals surface area contributed by atoms with E-state index in [1.807, 2.05) is 61.5 Å². The number of aliphatic carboxylic acids is 1. The van der Waals surface area contributed by atoms with E-state index in [2.05, 4.69) is 5.32 Å². The zero-order valence-corrected chi connectivity index (χ0v) is 14.2. The molecule has 2 atom stereocenters. The highest BCUT2D eigenvalue weighted by molar-refractivity contribution is 5.96. The molecule has 3 rings (SSSR count). The van der Waals surface area contributed by atoms with E-state index in [0.717, 1.165) is 23.4 Å². The van der Waals surface area contributed by atoms with Crippen molar-refractivity contribution in [1.29, 1.82) is 0 Å². The van der Waals surface area contributed by atoms with Crippen LogP contribution in [-0.4, -0.2) is 23.0 Å². The molecule has 1 aliphatic rings. The van der Waals surface area contributed by atoms with Crippen LogP contribution in [0.2, 0.25) is 0 Å². The van der Waals surface area contributed by atoms with Crippen molar-refractivity contribution in [2.24, 2.45) is 0 Å². The van der Waals surface area contributed by atoms with Crippen LogP contribution in [0.25, 0.3) is 0 Å². The maximum Gasteiger partial charge on any atom is 0.303 e. The maximum absolute atomic E-state index is 12.6. The van der Waals surface area contributed by atoms with Crippen molar-refractivity contribution >= 4 is 23.3 Å². The number of carbonyl (C=O) groups excluding carboxylic acids is 1. The summed E-state index contributed by atoms with van der Waals surface area (Å²) >= 11 is 0. The number of hydrogen-bond acceptors (Lipinski definition) is 3. The molecule has 0 fully saturated rings. The van der Waals surface area contributed by atoms with Crippen LogP contribution in [0, 0.1) is 0 Å². The second-order valence-corrected chi connectivity index (χ2v) is 6.36. The number of anilines is 2. The van der Waals surface area contributed by atoms with Crippen LogP contribution in [0.3, 0.4) is 0 Å². The number of carboxylic acid groups (broad SMARTS) is 1. The summed E-state index contributed by atoms with van der Waals surface area (Å²) in [5.41, 5.74) is 2.97. The Bertz CT molecular complexity index is 761. The number of carbonyl (C=O) groups is 2. The molecule has 5 heteroatoms. The first-order valence-electron chi connectivity index (χ1n) is 8.50. The van der Waals surface area contributed by atoms with Crippen molar-refractivity contribution in [3.8, 4) is 0 Å². The van der Waals surface area contributed by atoms with Crippen LogP contribution >= 0.6 is 0 Å². The van der Waals surface area contributed by atoms with Crippen molar-refractivity contribution in [3.63, 3.8) is 0 Å². The summed E-state index contributed by atoms with van der Waals surface area (Å²) in [6.45, 7) is 2.01. The fourth-order valence-electron chi connectivity index (χ4n) is 3.40. The number of fused-ring (bicyclic) bond motifs is 1. The van der Waals surface area contributed by atoms with Crippen LogP contribution in [0.1, 0.15) is 37.8 Å². The Morgan fingerprint density at radius 1 is 1.08 bits per heavy atom. The van der Waals surface area contributed by atoms with Gasteiger partial charge in [-0.25, -0.2) is 0 Å². The Balaban J connectivity index is 1.87. The summed E-state index contributed by atoms with van der Waals surface area (Å²) in [4.78, 5) is 25.1. The molecule has 0 aliphatic carbocycles. The van der Waals surface area contributed by atoms with E-state index in [1.165, 1.54) is 0 Å². The molecule has 0 saturated heterocycles. The molecule has 2 aromatic rings. The second-order valence-electron chi connectivity index (χ2n) is 6.36. The number of nitrogens with one attached hydrogen (secondary N) is 1. The SMILES string of the molecule is CC1CC(Nc2ccccc2)c2ccccc2N1C(=O)CCC(=O)O. The smallest absolute Gasteiger partial charge is 0.303 e. The highest BCUT2D eigenvalue weighted by atomic mass is 16.4. The molecule has 1 heterocycles. The number of amides is 1. The number of rotatable bonds is 5. The molecule has 0 spiro atoms. The average molecular weight is 338 g/mol. The second kappa shape index (κ2) is 7.38. The van der Waals surface area contributed by atoms with Crippen molar-refractivity contribution in [2.75, 3.05) is 10.2 Å². The monoisotopic (exact) mass is 338 g/mol. The van der Waals surface area contributed by atoms with Gasteiger partial charge in [0.15, 0.2) is 0 Å². The van der Waals surface area contributed by atoms with Gasteiger partial charge in [-0.3, -0.25) is 9.59 Å². The highest BCUT2D eigenvalue weighted by Crippen LogP contribution is 2.39. The van der Waals surface area contributed by atoms with Gasteiger partial charge in [-0.2, -0.15) is 0 Å². The minimum Gasteiger partial charge on any atom is -0.481 e. The van der Waals surface area contributed by atoms with E-state index in [4.69, 9.17) is 5.11 Å². The maximum atomic E-state index is 12.6. The Labute approximate surface area is 147 Å². The van der Waals surface area contributed by atoms with E-state index in [-0.39, 0.29) is 30.8 Å². The van der Waals surface area contributed by atoms with Crippen LogP contribution in [0.5, 0.6) is 0 Å². The first-order valence-corrected chi connectivity index (χ1v) is 8.50. The molecule has 2 N–H and O–H groups in total. The summed E-state index contributed by atoms with van der Waals surface area (Å²) in [5.74, 6) is -1.09. The lowest BCUT2D eigenvalue weighted by Gasteiger charge is -2.40. The predicted octanol–water partition coefficient (Wildman–Crippen LogP) is 3.83. The molecule has 25 heavy (non-hydrogen) atoms. The average Bonchev–Trinajstić information content (AvgIpc) is 2.61. The van der Waals surface area contributed by atoms with Crippen LogP contribution in [0.15, 0.2) is 54.6 Å². The summed E-state index contributed by atoms with van der Waals surface area (Å²) < 4.78 is 0. The van der Waals surface area contributed by atoms with Gasteiger partial charge in [-0.15, -0.1) is 0 Å². The number of benzene rings is 2. The first-order chi connectivity index (χ1) is 12.1. The molecule has 0 aromatic heterocycles. The zero-order chi connectivity index (χ0) is 17.8. The zero-order valence-electron chi connectivity index (χ0n) is 14.2. The number of para-hydroxylation sites is 2. The third-order valence-corrected chi connectivity index (χ3v) is 4.53. The highest BCUT2D eigenvalue weighted by Gasteiger charge is 2.33. The molecule has 0 saturated carbocycles. The van der Waals surface area contributed by atoms with Gasteiger partial charge < -0.3 is 15.3 Å². The summed E-state index contributed by atoms with van der Waals surface area (Å²) in [7, 11) is 0. The van der Waals surface area contributed by atoms with Crippen LogP contribution in [0.4, 0.5) is 11.4 Å². The Morgan fingerprint density at radius 2 is 1.76 bits per heavy atom. The normalized spacial score (nSPS) is 19.2. The fourth-order valence-corrected chi connectivity index (χ4v) is 3.40. The lowest BCUT2D eigenvalue weighted by Crippen LogP contribution is -2.44. The molecule has 0 bridgehead atoms. The van der Waals surface area contributed by atoms with E-state index in [9.17, 15) is 9.59 Å². The fraction of sp³-hybridized carbons (Fsp3) is 0.300. The largest absolute Gasteiger partial charge is 0.481 e. The number of hydrogen-bond donors (Lipinski definition) is 2. The summed E-state index contributed by atoms with van der Waals surface area (Å²) in [6, 6.07) is 17.9. The van der Waals surface area contributed by atoms with Gasteiger partial charge in [0.1, 0.15) is 0 Å². The van der Waals surface area contributed by atoms with Gasteiger partial charge in [-0.05, 0) is 37.1 Å².